The van der Waals surface area contributed by atoms with Crippen molar-refractivity contribution in [3.8, 4) is 5.75 Å². The number of benzene rings is 2. The van der Waals surface area contributed by atoms with Crippen molar-refractivity contribution >= 4 is 17.5 Å². The fraction of sp³-hybridized carbons (Fsp3) is 0.235. The van der Waals surface area contributed by atoms with E-state index in [9.17, 15) is 9.90 Å². The zero-order valence-electron chi connectivity index (χ0n) is 12.0. The van der Waals surface area contributed by atoms with Crippen molar-refractivity contribution < 1.29 is 14.6 Å². The number of ether oxygens (including phenoxy) is 1. The number of carbonyl (C=O) groups is 1. The van der Waals surface area contributed by atoms with Crippen molar-refractivity contribution in [3.63, 3.8) is 0 Å². The summed E-state index contributed by atoms with van der Waals surface area (Å²) in [7, 11) is 0. The fourth-order valence-electron chi connectivity index (χ4n) is 1.95. The van der Waals surface area contributed by atoms with Gasteiger partial charge in [0, 0.05) is 0 Å². The van der Waals surface area contributed by atoms with E-state index in [0.29, 0.717) is 23.9 Å². The summed E-state index contributed by atoms with van der Waals surface area (Å²) >= 11 is 5.96. The zero-order valence-corrected chi connectivity index (χ0v) is 12.8. The van der Waals surface area contributed by atoms with Crippen LogP contribution in [-0.2, 0) is 4.79 Å². The first-order valence-electron chi connectivity index (χ1n) is 7.04. The van der Waals surface area contributed by atoms with Crippen molar-refractivity contribution in [1.82, 2.24) is 5.32 Å². The van der Waals surface area contributed by atoms with E-state index in [1.165, 1.54) is 0 Å². The SMILES string of the molecule is O=C(CC(O)c1ccccc1)NCCOc1ccccc1Cl. The van der Waals surface area contributed by atoms with Gasteiger partial charge in [0.25, 0.3) is 0 Å². The topological polar surface area (TPSA) is 58.6 Å². The summed E-state index contributed by atoms with van der Waals surface area (Å²) in [6.45, 7) is 0.669. The maximum absolute atomic E-state index is 11.8. The summed E-state index contributed by atoms with van der Waals surface area (Å²) in [6.07, 6.45) is -0.776. The molecule has 1 atom stereocenters. The number of para-hydroxylation sites is 1. The number of halogens is 1. The largest absolute Gasteiger partial charge is 0.490 e. The van der Waals surface area contributed by atoms with E-state index in [2.05, 4.69) is 5.32 Å². The Kier molecular flexibility index (Phi) is 6.25. The molecule has 0 aliphatic rings. The van der Waals surface area contributed by atoms with Crippen molar-refractivity contribution in [2.24, 2.45) is 0 Å². The normalized spacial score (nSPS) is 11.7. The standard InChI is InChI=1S/C17H18ClNO3/c18-14-8-4-5-9-16(14)22-11-10-19-17(21)12-15(20)13-6-2-1-3-7-13/h1-9,15,20H,10-12H2,(H,19,21). The molecule has 0 bridgehead atoms. The molecule has 2 aromatic carbocycles. The average Bonchev–Trinajstić information content (AvgIpc) is 2.54. The lowest BCUT2D eigenvalue weighted by molar-refractivity contribution is -0.123. The molecule has 5 heteroatoms. The van der Waals surface area contributed by atoms with Crippen LogP contribution in [0.2, 0.25) is 5.02 Å². The van der Waals surface area contributed by atoms with E-state index >= 15 is 0 Å². The molecule has 0 aliphatic heterocycles. The highest BCUT2D eigenvalue weighted by Crippen LogP contribution is 2.22. The lowest BCUT2D eigenvalue weighted by Gasteiger charge is -2.12. The summed E-state index contributed by atoms with van der Waals surface area (Å²) in [5.74, 6) is 0.363. The number of hydrogen-bond acceptors (Lipinski definition) is 3. The molecule has 0 spiro atoms. The third-order valence-electron chi connectivity index (χ3n) is 3.08. The van der Waals surface area contributed by atoms with Crippen LogP contribution in [0.3, 0.4) is 0 Å². The van der Waals surface area contributed by atoms with Crippen LogP contribution < -0.4 is 10.1 Å². The molecule has 1 unspecified atom stereocenters. The minimum Gasteiger partial charge on any atom is -0.490 e. The second kappa shape index (κ2) is 8.41. The lowest BCUT2D eigenvalue weighted by atomic mass is 10.1. The van der Waals surface area contributed by atoms with E-state index in [0.717, 1.165) is 5.56 Å². The number of hydrogen-bond donors (Lipinski definition) is 2. The Morgan fingerprint density at radius 3 is 2.55 bits per heavy atom. The van der Waals surface area contributed by atoms with Crippen LogP contribution in [0.25, 0.3) is 0 Å². The Morgan fingerprint density at radius 2 is 1.82 bits per heavy atom. The molecule has 0 radical (unpaired) electrons. The summed E-state index contributed by atoms with van der Waals surface area (Å²) in [5, 5.41) is 13.2. The third-order valence-corrected chi connectivity index (χ3v) is 3.39. The molecule has 2 N–H and O–H groups in total. The van der Waals surface area contributed by atoms with E-state index in [-0.39, 0.29) is 12.3 Å². The van der Waals surface area contributed by atoms with Gasteiger partial charge in [0.15, 0.2) is 0 Å². The third kappa shape index (κ3) is 5.06. The van der Waals surface area contributed by atoms with Crippen LogP contribution in [0.15, 0.2) is 54.6 Å². The first kappa shape index (κ1) is 16.3. The molecule has 0 saturated heterocycles. The van der Waals surface area contributed by atoms with E-state index in [4.69, 9.17) is 16.3 Å². The van der Waals surface area contributed by atoms with Gasteiger partial charge in [0.1, 0.15) is 12.4 Å². The lowest BCUT2D eigenvalue weighted by Crippen LogP contribution is -2.29. The van der Waals surface area contributed by atoms with Crippen molar-refractivity contribution in [2.75, 3.05) is 13.2 Å². The van der Waals surface area contributed by atoms with Crippen LogP contribution in [0.1, 0.15) is 18.1 Å². The summed E-state index contributed by atoms with van der Waals surface area (Å²) in [6, 6.07) is 16.3. The molecule has 116 valence electrons. The smallest absolute Gasteiger partial charge is 0.223 e. The number of amides is 1. The molecule has 4 nitrogen and oxygen atoms in total. The Balaban J connectivity index is 1.69. The molecular weight excluding hydrogens is 302 g/mol. The van der Waals surface area contributed by atoms with Crippen LogP contribution in [-0.4, -0.2) is 24.2 Å². The molecule has 0 aromatic heterocycles. The highest BCUT2D eigenvalue weighted by Gasteiger charge is 2.12. The minimum atomic E-state index is -0.800. The molecular formula is C17H18ClNO3. The van der Waals surface area contributed by atoms with Gasteiger partial charge in [-0.05, 0) is 17.7 Å². The highest BCUT2D eigenvalue weighted by atomic mass is 35.5. The van der Waals surface area contributed by atoms with Gasteiger partial charge in [0.2, 0.25) is 5.91 Å². The van der Waals surface area contributed by atoms with Crippen LogP contribution in [0, 0.1) is 0 Å². The zero-order chi connectivity index (χ0) is 15.8. The van der Waals surface area contributed by atoms with E-state index < -0.39 is 6.10 Å². The predicted molar refractivity (Wildman–Crippen MR) is 86.0 cm³/mol. The maximum atomic E-state index is 11.8. The first-order chi connectivity index (χ1) is 10.7. The summed E-state index contributed by atoms with van der Waals surface area (Å²) < 4.78 is 5.47. The number of aliphatic hydroxyl groups is 1. The van der Waals surface area contributed by atoms with Gasteiger partial charge in [-0.2, -0.15) is 0 Å². The second-order valence-electron chi connectivity index (χ2n) is 4.76. The Hall–Kier alpha value is -2.04. The average molecular weight is 320 g/mol. The van der Waals surface area contributed by atoms with Gasteiger partial charge in [0.05, 0.1) is 24.1 Å². The van der Waals surface area contributed by atoms with Gasteiger partial charge in [-0.15, -0.1) is 0 Å². The summed E-state index contributed by atoms with van der Waals surface area (Å²) in [4.78, 5) is 11.8. The first-order valence-corrected chi connectivity index (χ1v) is 7.41. The van der Waals surface area contributed by atoms with Gasteiger partial charge < -0.3 is 15.2 Å². The van der Waals surface area contributed by atoms with Crippen molar-refractivity contribution in [1.29, 1.82) is 0 Å². The molecule has 0 aliphatic carbocycles. The fourth-order valence-corrected chi connectivity index (χ4v) is 2.14. The molecule has 1 amide bonds. The molecule has 2 aromatic rings. The van der Waals surface area contributed by atoms with Crippen molar-refractivity contribution in [2.45, 2.75) is 12.5 Å². The highest BCUT2D eigenvalue weighted by molar-refractivity contribution is 6.32. The second-order valence-corrected chi connectivity index (χ2v) is 5.17. The van der Waals surface area contributed by atoms with E-state index in [1.807, 2.05) is 30.3 Å². The molecule has 0 saturated carbocycles. The van der Waals surface area contributed by atoms with Gasteiger partial charge in [-0.1, -0.05) is 54.1 Å². The predicted octanol–water partition coefficient (Wildman–Crippen LogP) is 2.96. The summed E-state index contributed by atoms with van der Waals surface area (Å²) in [5.41, 5.74) is 0.727. The van der Waals surface area contributed by atoms with Crippen LogP contribution >= 0.6 is 11.6 Å². The van der Waals surface area contributed by atoms with Crippen LogP contribution in [0.5, 0.6) is 5.75 Å². The van der Waals surface area contributed by atoms with Gasteiger partial charge >= 0.3 is 0 Å². The minimum absolute atomic E-state index is 0.0239. The number of aliphatic hydroxyl groups excluding tert-OH is 1. The Bertz CT molecular complexity index is 604. The quantitative estimate of drug-likeness (QED) is 0.771. The number of carbonyl (C=O) groups excluding carboxylic acids is 1. The molecule has 0 heterocycles. The Labute approximate surface area is 134 Å². The Morgan fingerprint density at radius 1 is 1.14 bits per heavy atom. The van der Waals surface area contributed by atoms with Crippen molar-refractivity contribution in [3.05, 3.63) is 65.2 Å². The molecule has 0 fully saturated rings. The van der Waals surface area contributed by atoms with E-state index in [1.54, 1.807) is 24.3 Å². The number of nitrogens with one attached hydrogen (secondary N) is 1. The van der Waals surface area contributed by atoms with Gasteiger partial charge in [-0.25, -0.2) is 0 Å². The molecule has 2 rings (SSSR count). The van der Waals surface area contributed by atoms with Crippen LogP contribution in [0.4, 0.5) is 0 Å². The maximum Gasteiger partial charge on any atom is 0.223 e. The monoisotopic (exact) mass is 319 g/mol. The molecule has 22 heavy (non-hydrogen) atoms. The van der Waals surface area contributed by atoms with Gasteiger partial charge in [-0.3, -0.25) is 4.79 Å². The number of rotatable bonds is 7.